The Hall–Kier alpha value is -0.570. The highest BCUT2D eigenvalue weighted by atomic mass is 16.3. The van der Waals surface area contributed by atoms with Gasteiger partial charge in [0, 0.05) is 25.1 Å². The minimum absolute atomic E-state index is 0.231. The lowest BCUT2D eigenvalue weighted by Crippen LogP contribution is -2.39. The summed E-state index contributed by atoms with van der Waals surface area (Å²) in [7, 11) is 0. The van der Waals surface area contributed by atoms with Crippen LogP contribution in [0.25, 0.3) is 0 Å². The van der Waals surface area contributed by atoms with Gasteiger partial charge in [0.1, 0.15) is 0 Å². The molecule has 0 aliphatic carbocycles. The zero-order valence-corrected chi connectivity index (χ0v) is 12.0. The SMILES string of the molecule is CCCC(CCC)C(=O)N1CCCC1CCCO. The zero-order chi connectivity index (χ0) is 13.4. The maximum absolute atomic E-state index is 12.6. The third-order valence-corrected chi connectivity index (χ3v) is 3.98. The summed E-state index contributed by atoms with van der Waals surface area (Å²) in [6, 6.07) is 0.390. The second kappa shape index (κ2) is 8.52. The van der Waals surface area contributed by atoms with E-state index in [-0.39, 0.29) is 12.5 Å². The fraction of sp³-hybridized carbons (Fsp3) is 0.933. The van der Waals surface area contributed by atoms with E-state index < -0.39 is 0 Å². The molecule has 0 radical (unpaired) electrons. The van der Waals surface area contributed by atoms with Gasteiger partial charge in [-0.15, -0.1) is 0 Å². The number of nitrogens with zero attached hydrogens (tertiary/aromatic N) is 1. The highest BCUT2D eigenvalue weighted by molar-refractivity contribution is 5.79. The number of likely N-dealkylation sites (tertiary alicyclic amines) is 1. The molecular formula is C15H29NO2. The Balaban J connectivity index is 2.55. The van der Waals surface area contributed by atoms with Crippen molar-refractivity contribution < 1.29 is 9.90 Å². The predicted molar refractivity (Wildman–Crippen MR) is 74.4 cm³/mol. The molecule has 0 aromatic carbocycles. The third kappa shape index (κ3) is 4.27. The highest BCUT2D eigenvalue weighted by Crippen LogP contribution is 2.26. The molecule has 0 saturated carbocycles. The molecule has 0 spiro atoms. The summed E-state index contributed by atoms with van der Waals surface area (Å²) in [4.78, 5) is 14.7. The van der Waals surface area contributed by atoms with Gasteiger partial charge in [-0.3, -0.25) is 4.79 Å². The zero-order valence-electron chi connectivity index (χ0n) is 12.0. The Kier molecular flexibility index (Phi) is 7.33. The van der Waals surface area contributed by atoms with Crippen LogP contribution in [0.5, 0.6) is 0 Å². The largest absolute Gasteiger partial charge is 0.396 e. The van der Waals surface area contributed by atoms with Gasteiger partial charge in [0.25, 0.3) is 0 Å². The van der Waals surface area contributed by atoms with Crippen LogP contribution in [0.3, 0.4) is 0 Å². The van der Waals surface area contributed by atoms with E-state index in [1.807, 2.05) is 0 Å². The molecule has 1 aliphatic heterocycles. The summed E-state index contributed by atoms with van der Waals surface area (Å²) < 4.78 is 0. The summed E-state index contributed by atoms with van der Waals surface area (Å²) in [5, 5.41) is 8.93. The van der Waals surface area contributed by atoms with Crippen molar-refractivity contribution in [3.63, 3.8) is 0 Å². The van der Waals surface area contributed by atoms with E-state index in [0.717, 1.165) is 57.9 Å². The topological polar surface area (TPSA) is 40.5 Å². The normalized spacial score (nSPS) is 19.8. The first kappa shape index (κ1) is 15.5. The monoisotopic (exact) mass is 255 g/mol. The van der Waals surface area contributed by atoms with Crippen molar-refractivity contribution in [3.8, 4) is 0 Å². The maximum atomic E-state index is 12.6. The van der Waals surface area contributed by atoms with Crippen molar-refractivity contribution >= 4 is 5.91 Å². The molecule has 1 atom stereocenters. The summed E-state index contributed by atoms with van der Waals surface area (Å²) in [6.07, 6.45) is 8.26. The second-order valence-corrected chi connectivity index (χ2v) is 5.47. The second-order valence-electron chi connectivity index (χ2n) is 5.47. The average molecular weight is 255 g/mol. The number of amides is 1. The first-order chi connectivity index (χ1) is 8.74. The predicted octanol–water partition coefficient (Wildman–Crippen LogP) is 2.97. The van der Waals surface area contributed by atoms with Gasteiger partial charge in [0.05, 0.1) is 0 Å². The molecule has 0 aromatic rings. The van der Waals surface area contributed by atoms with Gasteiger partial charge in [0.2, 0.25) is 5.91 Å². The van der Waals surface area contributed by atoms with Gasteiger partial charge in [0.15, 0.2) is 0 Å². The lowest BCUT2D eigenvalue weighted by molar-refractivity contribution is -0.137. The van der Waals surface area contributed by atoms with Crippen molar-refractivity contribution in [2.24, 2.45) is 5.92 Å². The average Bonchev–Trinajstić information content (AvgIpc) is 2.83. The Morgan fingerprint density at radius 3 is 2.56 bits per heavy atom. The lowest BCUT2D eigenvalue weighted by Gasteiger charge is -2.28. The Bertz CT molecular complexity index is 237. The molecule has 106 valence electrons. The molecule has 1 unspecified atom stereocenters. The molecule has 1 amide bonds. The Labute approximate surface area is 112 Å². The van der Waals surface area contributed by atoms with Crippen LogP contribution in [-0.2, 0) is 4.79 Å². The number of aliphatic hydroxyl groups excluding tert-OH is 1. The summed E-state index contributed by atoms with van der Waals surface area (Å²) in [5.41, 5.74) is 0. The standard InChI is InChI=1S/C15H29NO2/c1-3-7-13(8-4-2)15(18)16-11-5-9-14(16)10-6-12-17/h13-14,17H,3-12H2,1-2H3. The van der Waals surface area contributed by atoms with E-state index >= 15 is 0 Å². The van der Waals surface area contributed by atoms with Crippen molar-refractivity contribution in [1.29, 1.82) is 0 Å². The molecule has 3 heteroatoms. The van der Waals surface area contributed by atoms with E-state index in [0.29, 0.717) is 11.9 Å². The van der Waals surface area contributed by atoms with Crippen molar-refractivity contribution in [3.05, 3.63) is 0 Å². The third-order valence-electron chi connectivity index (χ3n) is 3.98. The molecule has 1 rings (SSSR count). The Morgan fingerprint density at radius 2 is 2.00 bits per heavy atom. The fourth-order valence-electron chi connectivity index (χ4n) is 3.08. The molecular weight excluding hydrogens is 226 g/mol. The van der Waals surface area contributed by atoms with Crippen LogP contribution < -0.4 is 0 Å². The van der Waals surface area contributed by atoms with Crippen LogP contribution in [0, 0.1) is 5.92 Å². The minimum atomic E-state index is 0.231. The van der Waals surface area contributed by atoms with Crippen molar-refractivity contribution in [2.45, 2.75) is 71.3 Å². The molecule has 1 aliphatic rings. The van der Waals surface area contributed by atoms with E-state index in [1.54, 1.807) is 0 Å². The highest BCUT2D eigenvalue weighted by Gasteiger charge is 2.31. The number of aliphatic hydroxyl groups is 1. The van der Waals surface area contributed by atoms with Gasteiger partial charge in [-0.25, -0.2) is 0 Å². The first-order valence-corrected chi connectivity index (χ1v) is 7.65. The summed E-state index contributed by atoms with van der Waals surface area (Å²) >= 11 is 0. The molecule has 18 heavy (non-hydrogen) atoms. The van der Waals surface area contributed by atoms with Crippen LogP contribution in [0.4, 0.5) is 0 Å². The Morgan fingerprint density at radius 1 is 1.33 bits per heavy atom. The molecule has 1 N–H and O–H groups in total. The lowest BCUT2D eigenvalue weighted by atomic mass is 9.96. The van der Waals surface area contributed by atoms with Crippen LogP contribution in [0.15, 0.2) is 0 Å². The molecule has 1 heterocycles. The molecule has 0 bridgehead atoms. The smallest absolute Gasteiger partial charge is 0.225 e. The molecule has 1 saturated heterocycles. The van der Waals surface area contributed by atoms with Crippen LogP contribution in [0.2, 0.25) is 0 Å². The molecule has 3 nitrogen and oxygen atoms in total. The summed E-state index contributed by atoms with van der Waals surface area (Å²) in [6.45, 7) is 5.48. The molecule has 0 aromatic heterocycles. The maximum Gasteiger partial charge on any atom is 0.225 e. The number of rotatable bonds is 8. The van der Waals surface area contributed by atoms with Gasteiger partial charge < -0.3 is 10.0 Å². The molecule has 1 fully saturated rings. The van der Waals surface area contributed by atoms with Gasteiger partial charge in [-0.05, 0) is 38.5 Å². The van der Waals surface area contributed by atoms with E-state index in [1.165, 1.54) is 0 Å². The van der Waals surface area contributed by atoms with Crippen LogP contribution >= 0.6 is 0 Å². The summed E-state index contributed by atoms with van der Waals surface area (Å²) in [5.74, 6) is 0.605. The van der Waals surface area contributed by atoms with E-state index in [2.05, 4.69) is 18.7 Å². The van der Waals surface area contributed by atoms with E-state index in [4.69, 9.17) is 5.11 Å². The van der Waals surface area contributed by atoms with Gasteiger partial charge >= 0.3 is 0 Å². The van der Waals surface area contributed by atoms with Gasteiger partial charge in [-0.1, -0.05) is 26.7 Å². The van der Waals surface area contributed by atoms with Crippen LogP contribution in [0.1, 0.15) is 65.2 Å². The number of hydrogen-bond acceptors (Lipinski definition) is 2. The number of carbonyl (C=O) groups is 1. The van der Waals surface area contributed by atoms with Crippen molar-refractivity contribution in [1.82, 2.24) is 4.90 Å². The van der Waals surface area contributed by atoms with Crippen LogP contribution in [-0.4, -0.2) is 35.1 Å². The first-order valence-electron chi connectivity index (χ1n) is 7.65. The quantitative estimate of drug-likeness (QED) is 0.724. The van der Waals surface area contributed by atoms with E-state index in [9.17, 15) is 4.79 Å². The fourth-order valence-corrected chi connectivity index (χ4v) is 3.08. The minimum Gasteiger partial charge on any atom is -0.396 e. The number of hydrogen-bond donors (Lipinski definition) is 1. The number of carbonyl (C=O) groups excluding carboxylic acids is 1. The van der Waals surface area contributed by atoms with Gasteiger partial charge in [-0.2, -0.15) is 0 Å². The van der Waals surface area contributed by atoms with Crippen molar-refractivity contribution in [2.75, 3.05) is 13.2 Å².